The van der Waals surface area contributed by atoms with Crippen LogP contribution in [0.25, 0.3) is 0 Å². The molecule has 0 fully saturated rings. The Balaban J connectivity index is 1.82. The van der Waals surface area contributed by atoms with E-state index in [2.05, 4.69) is 116 Å². The lowest BCUT2D eigenvalue weighted by Crippen LogP contribution is -2.32. The summed E-state index contributed by atoms with van der Waals surface area (Å²) in [7, 11) is 8.85. The molecule has 2 aromatic rings. The first-order valence-corrected chi connectivity index (χ1v) is 12.2. The maximum atomic E-state index is 3.88. The van der Waals surface area contributed by atoms with Gasteiger partial charge in [-0.15, -0.1) is 0 Å². The van der Waals surface area contributed by atoms with E-state index in [4.69, 9.17) is 0 Å². The molecule has 0 amide bonds. The second-order valence-electron chi connectivity index (χ2n) is 8.73. The Labute approximate surface area is 199 Å². The molecule has 1 aliphatic rings. The average Bonchev–Trinajstić information content (AvgIpc) is 2.70. The van der Waals surface area contributed by atoms with Crippen molar-refractivity contribution < 1.29 is 0 Å². The highest BCUT2D eigenvalue weighted by Gasteiger charge is 2.14. The summed E-state index contributed by atoms with van der Waals surface area (Å²) in [6.07, 6.45) is 0. The third kappa shape index (κ3) is 6.62. The van der Waals surface area contributed by atoms with Gasteiger partial charge in [0.05, 0.1) is 0 Å². The minimum Gasteiger partial charge on any atom is -0.301 e. The number of hydrogen-bond acceptors (Lipinski definition) is 4. The molecule has 1 heterocycles. The van der Waals surface area contributed by atoms with Crippen LogP contribution in [0.3, 0.4) is 0 Å². The van der Waals surface area contributed by atoms with E-state index in [1.165, 1.54) is 31.2 Å². The van der Waals surface area contributed by atoms with Crippen LogP contribution in [-0.4, -0.2) is 74.0 Å². The SMILES string of the molecule is CN1CCN(C)Cc2cccc(c2Br)CN(C)CCN(C)Cc2cccc(c2Br)C1. The zero-order valence-corrected chi connectivity index (χ0v) is 21.8. The molecular formula is C24H34Br2N4. The van der Waals surface area contributed by atoms with E-state index in [0.717, 1.165) is 52.4 Å². The van der Waals surface area contributed by atoms with Gasteiger partial charge in [0.15, 0.2) is 0 Å². The zero-order chi connectivity index (χ0) is 21.7. The van der Waals surface area contributed by atoms with Crippen LogP contribution in [0.1, 0.15) is 22.3 Å². The van der Waals surface area contributed by atoms with E-state index < -0.39 is 0 Å². The van der Waals surface area contributed by atoms with Gasteiger partial charge in [-0.3, -0.25) is 0 Å². The number of hydrogen-bond donors (Lipinski definition) is 0. The van der Waals surface area contributed by atoms with Gasteiger partial charge in [0.1, 0.15) is 0 Å². The summed E-state index contributed by atoms with van der Waals surface area (Å²) in [5.41, 5.74) is 5.44. The molecule has 3 rings (SSSR count). The van der Waals surface area contributed by atoms with Crippen LogP contribution >= 0.6 is 31.9 Å². The maximum absolute atomic E-state index is 3.88. The standard InChI is InChI=1S/C24H34Br2N4/c1-27-11-12-28(2)16-21-9-6-10-22(24(21)26)18-30(4)14-13-29(3)17-20-8-5-7-19(15-27)23(20)25/h5-10H,11-18H2,1-4H3. The van der Waals surface area contributed by atoms with Crippen LogP contribution in [0.4, 0.5) is 0 Å². The minimum absolute atomic E-state index is 0.952. The number of halogens is 2. The molecule has 6 heteroatoms. The van der Waals surface area contributed by atoms with Crippen molar-refractivity contribution in [3.63, 3.8) is 0 Å². The molecule has 2 aromatic carbocycles. The zero-order valence-electron chi connectivity index (χ0n) is 18.7. The van der Waals surface area contributed by atoms with Crippen molar-refractivity contribution in [3.05, 3.63) is 67.6 Å². The molecule has 4 nitrogen and oxygen atoms in total. The van der Waals surface area contributed by atoms with Crippen molar-refractivity contribution in [2.45, 2.75) is 26.2 Å². The summed E-state index contributed by atoms with van der Waals surface area (Å²) < 4.78 is 2.51. The van der Waals surface area contributed by atoms with Crippen molar-refractivity contribution in [1.82, 2.24) is 19.6 Å². The summed E-state index contributed by atoms with van der Waals surface area (Å²) >= 11 is 7.77. The highest BCUT2D eigenvalue weighted by molar-refractivity contribution is 9.10. The van der Waals surface area contributed by atoms with Gasteiger partial charge in [0.2, 0.25) is 0 Å². The number of fused-ring (bicyclic) bond motifs is 4. The van der Waals surface area contributed by atoms with E-state index in [9.17, 15) is 0 Å². The molecule has 164 valence electrons. The van der Waals surface area contributed by atoms with Crippen LogP contribution in [0.15, 0.2) is 45.3 Å². The predicted molar refractivity (Wildman–Crippen MR) is 134 cm³/mol. The van der Waals surface area contributed by atoms with Crippen molar-refractivity contribution in [3.8, 4) is 0 Å². The third-order valence-corrected chi connectivity index (χ3v) is 7.84. The van der Waals surface area contributed by atoms with Crippen molar-refractivity contribution in [1.29, 1.82) is 0 Å². The normalized spacial score (nSPS) is 19.4. The number of benzene rings is 2. The highest BCUT2D eigenvalue weighted by atomic mass is 79.9. The molecule has 1 aliphatic heterocycles. The number of nitrogens with zero attached hydrogens (tertiary/aromatic N) is 4. The fraction of sp³-hybridized carbons (Fsp3) is 0.500. The van der Waals surface area contributed by atoms with Gasteiger partial charge in [0, 0.05) is 61.3 Å². The highest BCUT2D eigenvalue weighted by Crippen LogP contribution is 2.26. The lowest BCUT2D eigenvalue weighted by molar-refractivity contribution is 0.242. The van der Waals surface area contributed by atoms with Crippen molar-refractivity contribution in [2.75, 3.05) is 54.4 Å². The van der Waals surface area contributed by atoms with Gasteiger partial charge >= 0.3 is 0 Å². The van der Waals surface area contributed by atoms with Crippen molar-refractivity contribution in [2.24, 2.45) is 0 Å². The average molecular weight is 538 g/mol. The molecule has 30 heavy (non-hydrogen) atoms. The third-order valence-electron chi connectivity index (χ3n) is 5.81. The first kappa shape index (κ1) is 23.9. The Bertz CT molecular complexity index is 712. The van der Waals surface area contributed by atoms with Crippen LogP contribution in [0.5, 0.6) is 0 Å². The maximum Gasteiger partial charge on any atom is 0.0265 e. The smallest absolute Gasteiger partial charge is 0.0265 e. The van der Waals surface area contributed by atoms with E-state index >= 15 is 0 Å². The molecule has 0 saturated carbocycles. The summed E-state index contributed by atoms with van der Waals surface area (Å²) in [5, 5.41) is 0. The van der Waals surface area contributed by atoms with E-state index in [1.54, 1.807) is 0 Å². The summed E-state index contributed by atoms with van der Waals surface area (Å²) in [4.78, 5) is 9.64. The second kappa shape index (κ2) is 11.2. The lowest BCUT2D eigenvalue weighted by Gasteiger charge is -2.26. The van der Waals surface area contributed by atoms with Gasteiger partial charge in [-0.25, -0.2) is 0 Å². The topological polar surface area (TPSA) is 13.0 Å². The van der Waals surface area contributed by atoms with Gasteiger partial charge in [-0.2, -0.15) is 0 Å². The van der Waals surface area contributed by atoms with Crippen molar-refractivity contribution >= 4 is 31.9 Å². The monoisotopic (exact) mass is 536 g/mol. The fourth-order valence-corrected chi connectivity index (χ4v) is 4.95. The summed E-state index contributed by atoms with van der Waals surface area (Å²) in [6.45, 7) is 7.95. The predicted octanol–water partition coefficient (Wildman–Crippen LogP) is 4.65. The largest absolute Gasteiger partial charge is 0.301 e. The molecule has 0 aliphatic carbocycles. The first-order chi connectivity index (χ1) is 14.3. The Hall–Kier alpha value is -0.760. The van der Waals surface area contributed by atoms with Gasteiger partial charge in [-0.1, -0.05) is 68.3 Å². The Morgan fingerprint density at radius 3 is 0.967 bits per heavy atom. The van der Waals surface area contributed by atoms with Crippen LogP contribution in [0.2, 0.25) is 0 Å². The van der Waals surface area contributed by atoms with E-state index in [-0.39, 0.29) is 0 Å². The van der Waals surface area contributed by atoms with Gasteiger partial charge < -0.3 is 19.6 Å². The molecule has 0 N–H and O–H groups in total. The summed E-state index contributed by atoms with van der Waals surface area (Å²) in [6, 6.07) is 13.3. The molecule has 0 aromatic heterocycles. The van der Waals surface area contributed by atoms with Crippen LogP contribution in [0, 0.1) is 0 Å². The molecule has 0 unspecified atom stereocenters. The lowest BCUT2D eigenvalue weighted by atomic mass is 10.1. The fourth-order valence-electron chi connectivity index (χ4n) is 3.92. The van der Waals surface area contributed by atoms with Gasteiger partial charge in [-0.05, 0) is 50.4 Å². The molecule has 0 atom stereocenters. The number of likely N-dealkylation sites (N-methyl/N-ethyl adjacent to an activating group) is 4. The van der Waals surface area contributed by atoms with Crippen LogP contribution in [-0.2, 0) is 26.2 Å². The second-order valence-corrected chi connectivity index (χ2v) is 10.3. The minimum atomic E-state index is 0.952. The Kier molecular flexibility index (Phi) is 8.93. The molecular weight excluding hydrogens is 504 g/mol. The molecule has 0 spiro atoms. The summed E-state index contributed by atoms with van der Waals surface area (Å²) in [5.74, 6) is 0. The van der Waals surface area contributed by atoms with E-state index in [1.807, 2.05) is 0 Å². The molecule has 4 bridgehead atoms. The Morgan fingerprint density at radius 2 is 0.733 bits per heavy atom. The Morgan fingerprint density at radius 1 is 0.500 bits per heavy atom. The first-order valence-electron chi connectivity index (χ1n) is 10.6. The van der Waals surface area contributed by atoms with Crippen LogP contribution < -0.4 is 0 Å². The van der Waals surface area contributed by atoms with E-state index in [0.29, 0.717) is 0 Å². The molecule has 0 saturated heterocycles. The molecule has 0 radical (unpaired) electrons. The van der Waals surface area contributed by atoms with Gasteiger partial charge in [0.25, 0.3) is 0 Å². The quantitative estimate of drug-likeness (QED) is 0.484. The number of rotatable bonds is 0.